The molecule has 2 aliphatic carbocycles. The SMILES string of the molecule is O=C1CC(C(=O)N[C@@H](c2ccc(OC(F)(F)F)c(F)c2)C2CC2)NC(C2CC2)N1. The average molecular weight is 415 g/mol. The fourth-order valence-corrected chi connectivity index (χ4v) is 3.66. The first kappa shape index (κ1) is 19.9. The number of carbonyl (C=O) groups excluding carboxylic acids is 2. The molecule has 1 heterocycles. The maximum Gasteiger partial charge on any atom is 0.573 e. The van der Waals surface area contributed by atoms with Gasteiger partial charge in [-0.05, 0) is 55.2 Å². The van der Waals surface area contributed by atoms with Crippen LogP contribution >= 0.6 is 0 Å². The highest BCUT2D eigenvalue weighted by molar-refractivity contribution is 5.89. The van der Waals surface area contributed by atoms with E-state index in [9.17, 15) is 27.2 Å². The van der Waals surface area contributed by atoms with Crippen molar-refractivity contribution in [1.82, 2.24) is 16.0 Å². The van der Waals surface area contributed by atoms with E-state index in [1.54, 1.807) is 0 Å². The molecule has 2 amide bonds. The summed E-state index contributed by atoms with van der Waals surface area (Å²) in [5, 5.41) is 8.82. The van der Waals surface area contributed by atoms with Crippen molar-refractivity contribution in [3.8, 4) is 5.75 Å². The summed E-state index contributed by atoms with van der Waals surface area (Å²) in [6, 6.07) is 1.95. The summed E-state index contributed by atoms with van der Waals surface area (Å²) in [7, 11) is 0. The van der Waals surface area contributed by atoms with Crippen LogP contribution in [0.4, 0.5) is 17.6 Å². The lowest BCUT2D eigenvalue weighted by atomic mass is 10.0. The number of hydrogen-bond acceptors (Lipinski definition) is 4. The maximum atomic E-state index is 14.1. The number of nitrogens with one attached hydrogen (secondary N) is 3. The van der Waals surface area contributed by atoms with Gasteiger partial charge in [0.25, 0.3) is 0 Å². The molecule has 1 aromatic rings. The van der Waals surface area contributed by atoms with E-state index in [-0.39, 0.29) is 30.3 Å². The molecule has 0 aromatic heterocycles. The van der Waals surface area contributed by atoms with Gasteiger partial charge in [-0.25, -0.2) is 4.39 Å². The van der Waals surface area contributed by atoms with Gasteiger partial charge in [0.1, 0.15) is 0 Å². The van der Waals surface area contributed by atoms with Crippen molar-refractivity contribution >= 4 is 11.8 Å². The highest BCUT2D eigenvalue weighted by atomic mass is 19.4. The van der Waals surface area contributed by atoms with Crippen LogP contribution in [0, 0.1) is 17.7 Å². The molecular weight excluding hydrogens is 394 g/mol. The van der Waals surface area contributed by atoms with Gasteiger partial charge in [-0.3, -0.25) is 14.9 Å². The molecule has 4 rings (SSSR count). The molecule has 0 spiro atoms. The number of ether oxygens (including phenoxy) is 1. The number of alkyl halides is 3. The molecule has 6 nitrogen and oxygen atoms in total. The largest absolute Gasteiger partial charge is 0.573 e. The zero-order chi connectivity index (χ0) is 20.8. The topological polar surface area (TPSA) is 79.5 Å². The van der Waals surface area contributed by atoms with Crippen LogP contribution in [0.3, 0.4) is 0 Å². The number of carbonyl (C=O) groups is 2. The van der Waals surface area contributed by atoms with E-state index in [1.165, 1.54) is 6.07 Å². The van der Waals surface area contributed by atoms with Gasteiger partial charge >= 0.3 is 6.36 Å². The van der Waals surface area contributed by atoms with Crippen molar-refractivity contribution < 1.29 is 31.9 Å². The van der Waals surface area contributed by atoms with Crippen molar-refractivity contribution in [2.24, 2.45) is 11.8 Å². The molecule has 2 saturated carbocycles. The fourth-order valence-electron chi connectivity index (χ4n) is 3.66. The number of benzene rings is 1. The standard InChI is InChI=1S/C19H21F4N3O3/c20-12-7-11(5-6-14(12)29-19(21,22)23)16(9-1-2-9)26-18(28)13-8-15(27)25-17(24-13)10-3-4-10/h5-7,9-10,13,16-17,24H,1-4,8H2,(H,25,27)(H,26,28)/t13?,16-,17?/m1/s1. The van der Waals surface area contributed by atoms with Crippen molar-refractivity contribution in [1.29, 1.82) is 0 Å². The minimum absolute atomic E-state index is 0.000832. The quantitative estimate of drug-likeness (QED) is 0.624. The molecule has 3 aliphatic rings. The van der Waals surface area contributed by atoms with Crippen molar-refractivity contribution in [3.63, 3.8) is 0 Å². The summed E-state index contributed by atoms with van der Waals surface area (Å²) in [4.78, 5) is 24.7. The molecule has 0 bridgehead atoms. The van der Waals surface area contributed by atoms with Crippen LogP contribution in [0.25, 0.3) is 0 Å². The molecule has 0 radical (unpaired) electrons. The number of hydrogen-bond donors (Lipinski definition) is 3. The molecule has 1 aliphatic heterocycles. The van der Waals surface area contributed by atoms with Gasteiger partial charge in [-0.15, -0.1) is 13.2 Å². The Kier molecular flexibility index (Phi) is 5.14. The number of halogens is 4. The average Bonchev–Trinajstić information content (AvgIpc) is 3.53. The van der Waals surface area contributed by atoms with Crippen molar-refractivity contribution in [2.45, 2.75) is 56.7 Å². The minimum Gasteiger partial charge on any atom is -0.403 e. The third-order valence-corrected chi connectivity index (χ3v) is 5.43. The van der Waals surface area contributed by atoms with E-state index in [0.29, 0.717) is 11.5 Å². The highest BCUT2D eigenvalue weighted by Gasteiger charge is 2.41. The fraction of sp³-hybridized carbons (Fsp3) is 0.579. The van der Waals surface area contributed by atoms with Crippen LogP contribution in [-0.2, 0) is 9.59 Å². The molecule has 3 fully saturated rings. The number of amides is 2. The van der Waals surface area contributed by atoms with Crippen LogP contribution in [-0.4, -0.2) is 30.4 Å². The lowest BCUT2D eigenvalue weighted by Crippen LogP contribution is -2.61. The number of rotatable bonds is 6. The van der Waals surface area contributed by atoms with E-state index in [4.69, 9.17) is 0 Å². The first-order valence-corrected chi connectivity index (χ1v) is 9.60. The zero-order valence-electron chi connectivity index (χ0n) is 15.4. The molecule has 3 atom stereocenters. The maximum absolute atomic E-state index is 14.1. The predicted octanol–water partition coefficient (Wildman–Crippen LogP) is 2.51. The summed E-state index contributed by atoms with van der Waals surface area (Å²) < 4.78 is 54.8. The van der Waals surface area contributed by atoms with Crippen molar-refractivity contribution in [2.75, 3.05) is 0 Å². The van der Waals surface area contributed by atoms with E-state index in [2.05, 4.69) is 20.7 Å². The second kappa shape index (κ2) is 7.47. The molecule has 29 heavy (non-hydrogen) atoms. The molecule has 158 valence electrons. The zero-order valence-corrected chi connectivity index (χ0v) is 15.4. The summed E-state index contributed by atoms with van der Waals surface area (Å²) >= 11 is 0. The third-order valence-electron chi connectivity index (χ3n) is 5.43. The van der Waals surface area contributed by atoms with Crippen LogP contribution in [0.5, 0.6) is 5.75 Å². The highest BCUT2D eigenvalue weighted by Crippen LogP contribution is 2.42. The molecule has 2 unspecified atom stereocenters. The molecular formula is C19H21F4N3O3. The summed E-state index contributed by atoms with van der Waals surface area (Å²) in [6.07, 6.45) is -1.61. The van der Waals surface area contributed by atoms with Crippen LogP contribution in [0.1, 0.15) is 43.7 Å². The Morgan fingerprint density at radius 3 is 2.52 bits per heavy atom. The lowest BCUT2D eigenvalue weighted by Gasteiger charge is -2.32. The summed E-state index contributed by atoms with van der Waals surface area (Å²) in [6.45, 7) is 0. The summed E-state index contributed by atoms with van der Waals surface area (Å²) in [5.41, 5.74) is 0.367. The smallest absolute Gasteiger partial charge is 0.403 e. The lowest BCUT2D eigenvalue weighted by molar-refractivity contribution is -0.275. The van der Waals surface area contributed by atoms with Gasteiger partial charge in [0.2, 0.25) is 11.8 Å². The van der Waals surface area contributed by atoms with Gasteiger partial charge in [-0.1, -0.05) is 6.07 Å². The Hall–Kier alpha value is -2.36. The third kappa shape index (κ3) is 4.98. The second-order valence-corrected chi connectivity index (χ2v) is 7.87. The first-order chi connectivity index (χ1) is 13.7. The normalized spacial score (nSPS) is 25.9. The van der Waals surface area contributed by atoms with Crippen LogP contribution in [0.2, 0.25) is 0 Å². The predicted molar refractivity (Wildman–Crippen MR) is 92.9 cm³/mol. The Labute approximate surface area is 164 Å². The van der Waals surface area contributed by atoms with Crippen molar-refractivity contribution in [3.05, 3.63) is 29.6 Å². The van der Waals surface area contributed by atoms with Gasteiger partial charge < -0.3 is 15.4 Å². The monoisotopic (exact) mass is 415 g/mol. The van der Waals surface area contributed by atoms with Crippen LogP contribution < -0.4 is 20.7 Å². The Morgan fingerprint density at radius 1 is 1.21 bits per heavy atom. The molecule has 3 N–H and O–H groups in total. The Morgan fingerprint density at radius 2 is 1.93 bits per heavy atom. The molecule has 1 saturated heterocycles. The van der Waals surface area contributed by atoms with E-state index < -0.39 is 30.0 Å². The van der Waals surface area contributed by atoms with Gasteiger partial charge in [0.15, 0.2) is 11.6 Å². The second-order valence-electron chi connectivity index (χ2n) is 7.87. The van der Waals surface area contributed by atoms with E-state index in [1.807, 2.05) is 0 Å². The molecule has 1 aromatic carbocycles. The minimum atomic E-state index is -4.99. The van der Waals surface area contributed by atoms with Crippen LogP contribution in [0.15, 0.2) is 18.2 Å². The Balaban J connectivity index is 1.46. The Bertz CT molecular complexity index is 808. The first-order valence-electron chi connectivity index (χ1n) is 9.60. The van der Waals surface area contributed by atoms with Gasteiger partial charge in [0, 0.05) is 0 Å². The van der Waals surface area contributed by atoms with Gasteiger partial charge in [-0.2, -0.15) is 0 Å². The summed E-state index contributed by atoms with van der Waals surface area (Å²) in [5.74, 6) is -2.25. The van der Waals surface area contributed by atoms with E-state index >= 15 is 0 Å². The molecule has 10 heteroatoms. The van der Waals surface area contributed by atoms with Gasteiger partial charge in [0.05, 0.1) is 24.7 Å². The van der Waals surface area contributed by atoms with E-state index in [0.717, 1.165) is 37.8 Å².